The predicted octanol–water partition coefficient (Wildman–Crippen LogP) is 4.21. The average molecular weight is 361 g/mol. The van der Waals surface area contributed by atoms with E-state index in [-0.39, 0.29) is 5.91 Å². The molecule has 0 spiro atoms. The summed E-state index contributed by atoms with van der Waals surface area (Å²) in [6, 6.07) is 15.8. The second-order valence-electron chi connectivity index (χ2n) is 7.23. The number of benzene rings is 1. The molecule has 0 aliphatic heterocycles. The minimum atomic E-state index is -0.413. The molecule has 0 saturated heterocycles. The molecule has 27 heavy (non-hydrogen) atoms. The van der Waals surface area contributed by atoms with E-state index in [1.807, 2.05) is 43.4 Å². The van der Waals surface area contributed by atoms with Crippen molar-refractivity contribution in [3.8, 4) is 11.3 Å². The van der Waals surface area contributed by atoms with Crippen LogP contribution in [-0.2, 0) is 16.8 Å². The van der Waals surface area contributed by atoms with Crippen LogP contribution in [0.3, 0.4) is 0 Å². The minimum Gasteiger partial charge on any atom is -0.359 e. The van der Waals surface area contributed by atoms with Crippen molar-refractivity contribution in [3.05, 3.63) is 72.2 Å². The molecule has 0 atom stereocenters. The van der Waals surface area contributed by atoms with Crippen LogP contribution >= 0.6 is 0 Å². The summed E-state index contributed by atoms with van der Waals surface area (Å²) in [5.41, 5.74) is 2.41. The number of hydrogen-bond acceptors (Lipinski definition) is 4. The molecule has 138 valence electrons. The maximum atomic E-state index is 13.4. The van der Waals surface area contributed by atoms with Gasteiger partial charge in [-0.1, -0.05) is 48.3 Å². The molecule has 0 radical (unpaired) electrons. The third-order valence-electron chi connectivity index (χ3n) is 5.47. The zero-order valence-corrected chi connectivity index (χ0v) is 15.5. The number of hydrogen-bond donors (Lipinski definition) is 0. The van der Waals surface area contributed by atoms with Gasteiger partial charge in [0.05, 0.1) is 12.0 Å². The van der Waals surface area contributed by atoms with E-state index < -0.39 is 5.41 Å². The maximum absolute atomic E-state index is 13.4. The van der Waals surface area contributed by atoms with Gasteiger partial charge in [0.2, 0.25) is 5.91 Å². The number of rotatable bonds is 5. The van der Waals surface area contributed by atoms with E-state index in [0.29, 0.717) is 12.3 Å². The highest BCUT2D eigenvalue weighted by atomic mass is 16.5. The maximum Gasteiger partial charge on any atom is 0.233 e. The van der Waals surface area contributed by atoms with Crippen LogP contribution in [0, 0.1) is 0 Å². The van der Waals surface area contributed by atoms with Gasteiger partial charge in [-0.3, -0.25) is 9.78 Å². The summed E-state index contributed by atoms with van der Waals surface area (Å²) >= 11 is 0. The second kappa shape index (κ2) is 7.35. The highest BCUT2D eigenvalue weighted by molar-refractivity contribution is 5.88. The first kappa shape index (κ1) is 17.5. The third kappa shape index (κ3) is 3.37. The fourth-order valence-corrected chi connectivity index (χ4v) is 4.08. The second-order valence-corrected chi connectivity index (χ2v) is 7.23. The first-order valence-corrected chi connectivity index (χ1v) is 9.36. The smallest absolute Gasteiger partial charge is 0.233 e. The Hall–Kier alpha value is -2.95. The van der Waals surface area contributed by atoms with Crippen molar-refractivity contribution < 1.29 is 9.32 Å². The van der Waals surface area contributed by atoms with Crippen LogP contribution in [0.2, 0.25) is 0 Å². The van der Waals surface area contributed by atoms with Crippen molar-refractivity contribution in [2.24, 2.45) is 0 Å². The molecule has 5 heteroatoms. The lowest BCUT2D eigenvalue weighted by Gasteiger charge is -2.32. The summed E-state index contributed by atoms with van der Waals surface area (Å²) in [5, 5.41) is 4.13. The van der Waals surface area contributed by atoms with E-state index in [2.05, 4.69) is 22.3 Å². The van der Waals surface area contributed by atoms with Crippen molar-refractivity contribution in [1.29, 1.82) is 0 Å². The van der Waals surface area contributed by atoms with Crippen molar-refractivity contribution in [3.63, 3.8) is 0 Å². The van der Waals surface area contributed by atoms with Crippen molar-refractivity contribution in [1.82, 2.24) is 15.0 Å². The average Bonchev–Trinajstić information content (AvgIpc) is 3.39. The van der Waals surface area contributed by atoms with Gasteiger partial charge in [-0.05, 0) is 30.5 Å². The largest absolute Gasteiger partial charge is 0.359 e. The molecule has 5 nitrogen and oxygen atoms in total. The first-order valence-electron chi connectivity index (χ1n) is 9.36. The number of nitrogens with zero attached hydrogens (tertiary/aromatic N) is 3. The van der Waals surface area contributed by atoms with Gasteiger partial charge >= 0.3 is 0 Å². The van der Waals surface area contributed by atoms with E-state index in [1.165, 1.54) is 0 Å². The summed E-state index contributed by atoms with van der Waals surface area (Å²) in [6.45, 7) is 0.408. The van der Waals surface area contributed by atoms with E-state index in [1.54, 1.807) is 17.3 Å². The Bertz CT molecular complexity index is 900. The molecule has 1 aromatic carbocycles. The predicted molar refractivity (Wildman–Crippen MR) is 103 cm³/mol. The lowest BCUT2D eigenvalue weighted by Crippen LogP contribution is -2.43. The fraction of sp³-hybridized carbons (Fsp3) is 0.318. The van der Waals surface area contributed by atoms with Gasteiger partial charge in [-0.2, -0.15) is 0 Å². The SMILES string of the molecule is CN(Cc1cc(-c2ccncc2)no1)C(=O)C1(c2ccccc2)CCCC1. The summed E-state index contributed by atoms with van der Waals surface area (Å²) in [6.07, 6.45) is 7.43. The summed E-state index contributed by atoms with van der Waals surface area (Å²) in [5.74, 6) is 0.840. The molecule has 3 aromatic rings. The summed E-state index contributed by atoms with van der Waals surface area (Å²) in [4.78, 5) is 19.2. The minimum absolute atomic E-state index is 0.160. The summed E-state index contributed by atoms with van der Waals surface area (Å²) in [7, 11) is 1.85. The number of carbonyl (C=O) groups is 1. The van der Waals surface area contributed by atoms with Gasteiger partial charge in [-0.15, -0.1) is 0 Å². The zero-order chi connectivity index (χ0) is 18.7. The van der Waals surface area contributed by atoms with E-state index in [0.717, 1.165) is 42.5 Å². The van der Waals surface area contributed by atoms with Gasteiger partial charge in [0, 0.05) is 31.1 Å². The van der Waals surface area contributed by atoms with E-state index >= 15 is 0 Å². The molecule has 1 aliphatic carbocycles. The van der Waals surface area contributed by atoms with Crippen LogP contribution in [0.5, 0.6) is 0 Å². The molecule has 0 bridgehead atoms. The zero-order valence-electron chi connectivity index (χ0n) is 15.5. The van der Waals surface area contributed by atoms with Gasteiger partial charge < -0.3 is 9.42 Å². The third-order valence-corrected chi connectivity index (χ3v) is 5.47. The van der Waals surface area contributed by atoms with Gasteiger partial charge in [0.15, 0.2) is 5.76 Å². The standard InChI is InChI=1S/C22H23N3O2/c1-25(16-19-15-20(24-27-19)17-9-13-23-14-10-17)21(26)22(11-5-6-12-22)18-7-3-2-4-8-18/h2-4,7-10,13-15H,5-6,11-12,16H2,1H3. The van der Waals surface area contributed by atoms with Crippen molar-refractivity contribution in [2.75, 3.05) is 7.05 Å². The Kier molecular flexibility index (Phi) is 4.75. The van der Waals surface area contributed by atoms with E-state index in [4.69, 9.17) is 4.52 Å². The van der Waals surface area contributed by atoms with Crippen LogP contribution in [-0.4, -0.2) is 28.0 Å². The molecule has 4 rings (SSSR count). The summed E-state index contributed by atoms with van der Waals surface area (Å²) < 4.78 is 5.48. The van der Waals surface area contributed by atoms with Crippen LogP contribution in [0.4, 0.5) is 0 Å². The number of aromatic nitrogens is 2. The monoisotopic (exact) mass is 361 g/mol. The molecule has 0 unspecified atom stereocenters. The lowest BCUT2D eigenvalue weighted by molar-refractivity contribution is -0.136. The molecule has 2 aromatic heterocycles. The Morgan fingerprint density at radius 2 is 1.81 bits per heavy atom. The highest BCUT2D eigenvalue weighted by Gasteiger charge is 2.44. The van der Waals surface area contributed by atoms with Crippen LogP contribution in [0.25, 0.3) is 11.3 Å². The van der Waals surface area contributed by atoms with Crippen LogP contribution in [0.1, 0.15) is 37.0 Å². The Morgan fingerprint density at radius 1 is 1.11 bits per heavy atom. The topological polar surface area (TPSA) is 59.2 Å². The van der Waals surface area contributed by atoms with Gasteiger partial charge in [0.1, 0.15) is 5.69 Å². The Morgan fingerprint density at radius 3 is 2.52 bits per heavy atom. The Labute approximate surface area is 159 Å². The molecule has 1 aliphatic rings. The quantitative estimate of drug-likeness (QED) is 0.683. The molecule has 0 N–H and O–H groups in total. The van der Waals surface area contributed by atoms with Crippen LogP contribution in [0.15, 0.2) is 65.4 Å². The molecular formula is C22H23N3O2. The fourth-order valence-electron chi connectivity index (χ4n) is 4.08. The lowest BCUT2D eigenvalue weighted by atomic mass is 9.77. The van der Waals surface area contributed by atoms with Crippen molar-refractivity contribution >= 4 is 5.91 Å². The van der Waals surface area contributed by atoms with Gasteiger partial charge in [0.25, 0.3) is 0 Å². The first-order chi connectivity index (χ1) is 13.2. The number of pyridine rings is 1. The molecule has 1 saturated carbocycles. The van der Waals surface area contributed by atoms with Crippen LogP contribution < -0.4 is 0 Å². The van der Waals surface area contributed by atoms with E-state index in [9.17, 15) is 4.79 Å². The van der Waals surface area contributed by atoms with Crippen molar-refractivity contribution in [2.45, 2.75) is 37.6 Å². The Balaban J connectivity index is 1.53. The van der Waals surface area contributed by atoms with Gasteiger partial charge in [-0.25, -0.2) is 0 Å². The number of carbonyl (C=O) groups excluding carboxylic acids is 1. The molecular weight excluding hydrogens is 338 g/mol. The normalized spacial score (nSPS) is 15.6. The molecule has 1 amide bonds. The molecule has 1 fully saturated rings. The molecule has 2 heterocycles. The highest BCUT2D eigenvalue weighted by Crippen LogP contribution is 2.42. The number of likely N-dealkylation sites (N-methyl/N-ethyl adjacent to an activating group) is 1. The number of amides is 1.